The van der Waals surface area contributed by atoms with Crippen LogP contribution in [0.15, 0.2) is 58.3 Å². The minimum absolute atomic E-state index is 0.145. The average Bonchev–Trinajstić information content (AvgIpc) is 2.65. The molecule has 29 heavy (non-hydrogen) atoms. The molecule has 0 radical (unpaired) electrons. The number of hydrogen-bond acceptors (Lipinski definition) is 5. The fourth-order valence-corrected chi connectivity index (χ4v) is 4.70. The number of anilines is 2. The molecule has 5 nitrogen and oxygen atoms in total. The Bertz CT molecular complexity index is 1110. The summed E-state index contributed by atoms with van der Waals surface area (Å²) in [5, 5.41) is 3.27. The van der Waals surface area contributed by atoms with Gasteiger partial charge < -0.3 is 10.1 Å². The van der Waals surface area contributed by atoms with Gasteiger partial charge in [-0.05, 0) is 82.1 Å². The predicted octanol–water partition coefficient (Wildman–Crippen LogP) is 5.29. The molecule has 0 fully saturated rings. The number of pyridine rings is 1. The Hall–Kier alpha value is -2.86. The van der Waals surface area contributed by atoms with Gasteiger partial charge in [-0.25, -0.2) is 13.4 Å². The largest absolute Gasteiger partial charge is 0.494 e. The third-order valence-corrected chi connectivity index (χ3v) is 6.45. The van der Waals surface area contributed by atoms with Crippen LogP contribution in [-0.4, -0.2) is 20.0 Å². The summed E-state index contributed by atoms with van der Waals surface area (Å²) >= 11 is 0. The van der Waals surface area contributed by atoms with Gasteiger partial charge in [-0.2, -0.15) is 0 Å². The quantitative estimate of drug-likeness (QED) is 0.598. The second-order valence-corrected chi connectivity index (χ2v) is 9.02. The fraction of sp³-hybridized carbons (Fsp3) is 0.261. The highest BCUT2D eigenvalue weighted by Gasteiger charge is 2.23. The topological polar surface area (TPSA) is 68.3 Å². The molecule has 0 unspecified atom stereocenters. The number of nitrogens with zero attached hydrogens (tertiary/aromatic N) is 1. The summed E-state index contributed by atoms with van der Waals surface area (Å²) in [7, 11) is -3.75. The zero-order chi connectivity index (χ0) is 21.2. The number of aryl methyl sites for hydroxylation is 4. The van der Waals surface area contributed by atoms with Crippen molar-refractivity contribution in [3.05, 3.63) is 70.9 Å². The van der Waals surface area contributed by atoms with E-state index < -0.39 is 9.84 Å². The molecule has 1 heterocycles. The first-order valence-corrected chi connectivity index (χ1v) is 11.0. The molecule has 0 amide bonds. The van der Waals surface area contributed by atoms with Crippen molar-refractivity contribution in [1.82, 2.24) is 4.98 Å². The van der Waals surface area contributed by atoms with Crippen molar-refractivity contribution in [2.24, 2.45) is 0 Å². The number of aromatic nitrogens is 1. The molecule has 0 saturated carbocycles. The molecule has 6 heteroatoms. The normalized spacial score (nSPS) is 11.3. The van der Waals surface area contributed by atoms with Crippen LogP contribution in [0.25, 0.3) is 0 Å². The van der Waals surface area contributed by atoms with Crippen LogP contribution in [0.2, 0.25) is 0 Å². The zero-order valence-corrected chi connectivity index (χ0v) is 18.2. The third kappa shape index (κ3) is 4.43. The van der Waals surface area contributed by atoms with Crippen molar-refractivity contribution in [3.63, 3.8) is 0 Å². The first-order valence-electron chi connectivity index (χ1n) is 9.53. The Labute approximate surface area is 172 Å². The van der Waals surface area contributed by atoms with Crippen molar-refractivity contribution in [1.29, 1.82) is 0 Å². The summed E-state index contributed by atoms with van der Waals surface area (Å²) in [5.74, 6) is 0.965. The van der Waals surface area contributed by atoms with Gasteiger partial charge >= 0.3 is 0 Å². The molecular formula is C23H26N2O3S. The van der Waals surface area contributed by atoms with E-state index in [2.05, 4.69) is 22.4 Å². The second kappa shape index (κ2) is 8.25. The number of benzene rings is 2. The van der Waals surface area contributed by atoms with Crippen LogP contribution in [0.3, 0.4) is 0 Å². The molecule has 0 spiro atoms. The van der Waals surface area contributed by atoms with Gasteiger partial charge in [0, 0.05) is 11.4 Å². The molecule has 2 aromatic carbocycles. The maximum Gasteiger partial charge on any atom is 0.210 e. The molecule has 3 rings (SSSR count). The summed E-state index contributed by atoms with van der Waals surface area (Å²) < 4.78 is 32.1. The van der Waals surface area contributed by atoms with Crippen molar-refractivity contribution < 1.29 is 13.2 Å². The molecule has 0 aliphatic rings. The molecule has 0 atom stereocenters. The summed E-state index contributed by atoms with van der Waals surface area (Å²) in [6.45, 7) is 10.3. The Kier molecular flexibility index (Phi) is 5.94. The predicted molar refractivity (Wildman–Crippen MR) is 116 cm³/mol. The van der Waals surface area contributed by atoms with Crippen LogP contribution in [0.4, 0.5) is 11.5 Å². The Morgan fingerprint density at radius 3 is 2.14 bits per heavy atom. The number of rotatable bonds is 6. The lowest BCUT2D eigenvalue weighted by Crippen LogP contribution is -2.09. The SMILES string of the molecule is CCOc1ccc(S(=O)(=O)c2ccc(C)nc2Nc2c(C)cc(C)cc2C)cc1. The van der Waals surface area contributed by atoms with Gasteiger partial charge in [0.15, 0.2) is 0 Å². The molecule has 3 aromatic rings. The average molecular weight is 411 g/mol. The molecule has 0 saturated heterocycles. The molecule has 0 aliphatic heterocycles. The third-order valence-electron chi connectivity index (χ3n) is 4.65. The Morgan fingerprint density at radius 2 is 1.55 bits per heavy atom. The highest BCUT2D eigenvalue weighted by atomic mass is 32.2. The Morgan fingerprint density at radius 1 is 0.931 bits per heavy atom. The van der Waals surface area contributed by atoms with E-state index in [4.69, 9.17) is 4.74 Å². The van der Waals surface area contributed by atoms with E-state index in [1.807, 2.05) is 34.6 Å². The summed E-state index contributed by atoms with van der Waals surface area (Å²) in [6, 6.07) is 13.9. The lowest BCUT2D eigenvalue weighted by molar-refractivity contribution is 0.340. The highest BCUT2D eigenvalue weighted by molar-refractivity contribution is 7.91. The molecule has 0 bridgehead atoms. The minimum atomic E-state index is -3.75. The summed E-state index contributed by atoms with van der Waals surface area (Å²) in [6.07, 6.45) is 0. The second-order valence-electron chi connectivity index (χ2n) is 7.11. The monoisotopic (exact) mass is 410 g/mol. The van der Waals surface area contributed by atoms with Gasteiger partial charge in [0.1, 0.15) is 16.5 Å². The maximum absolute atomic E-state index is 13.3. The lowest BCUT2D eigenvalue weighted by Gasteiger charge is -2.17. The van der Waals surface area contributed by atoms with Crippen LogP contribution in [-0.2, 0) is 9.84 Å². The molecule has 152 valence electrons. The van der Waals surface area contributed by atoms with Gasteiger partial charge in [-0.3, -0.25) is 0 Å². The van der Waals surface area contributed by atoms with Crippen LogP contribution in [0, 0.1) is 27.7 Å². The number of hydrogen-bond donors (Lipinski definition) is 1. The lowest BCUT2D eigenvalue weighted by atomic mass is 10.1. The highest BCUT2D eigenvalue weighted by Crippen LogP contribution is 2.32. The first kappa shape index (κ1) is 20.9. The number of ether oxygens (including phenoxy) is 1. The smallest absolute Gasteiger partial charge is 0.210 e. The van der Waals surface area contributed by atoms with E-state index in [1.54, 1.807) is 36.4 Å². The molecule has 1 N–H and O–H groups in total. The van der Waals surface area contributed by atoms with E-state index in [0.717, 1.165) is 28.1 Å². The van der Waals surface area contributed by atoms with Crippen LogP contribution >= 0.6 is 0 Å². The van der Waals surface area contributed by atoms with Crippen LogP contribution in [0.5, 0.6) is 5.75 Å². The van der Waals surface area contributed by atoms with E-state index in [-0.39, 0.29) is 9.79 Å². The van der Waals surface area contributed by atoms with Gasteiger partial charge in [0.25, 0.3) is 0 Å². The molecular weight excluding hydrogens is 384 g/mol. The minimum Gasteiger partial charge on any atom is -0.494 e. The number of sulfone groups is 1. The first-order chi connectivity index (χ1) is 13.7. The number of nitrogens with one attached hydrogen (secondary N) is 1. The fourth-order valence-electron chi connectivity index (χ4n) is 3.35. The zero-order valence-electron chi connectivity index (χ0n) is 17.4. The van der Waals surface area contributed by atoms with Crippen molar-refractivity contribution in [2.45, 2.75) is 44.4 Å². The van der Waals surface area contributed by atoms with Crippen molar-refractivity contribution in [2.75, 3.05) is 11.9 Å². The van der Waals surface area contributed by atoms with Gasteiger partial charge in [0.05, 0.1) is 11.5 Å². The maximum atomic E-state index is 13.3. The van der Waals surface area contributed by atoms with Crippen molar-refractivity contribution in [3.8, 4) is 5.75 Å². The summed E-state index contributed by atoms with van der Waals surface area (Å²) in [4.78, 5) is 4.84. The van der Waals surface area contributed by atoms with Crippen molar-refractivity contribution >= 4 is 21.3 Å². The van der Waals surface area contributed by atoms with E-state index in [9.17, 15) is 8.42 Å². The van der Waals surface area contributed by atoms with Gasteiger partial charge in [-0.1, -0.05) is 17.7 Å². The summed E-state index contributed by atoms with van der Waals surface area (Å²) in [5.41, 5.74) is 4.84. The van der Waals surface area contributed by atoms with Gasteiger partial charge in [0.2, 0.25) is 9.84 Å². The van der Waals surface area contributed by atoms with E-state index >= 15 is 0 Å². The molecule has 1 aromatic heterocycles. The van der Waals surface area contributed by atoms with Crippen LogP contribution < -0.4 is 10.1 Å². The Balaban J connectivity index is 2.07. The van der Waals surface area contributed by atoms with Crippen LogP contribution in [0.1, 0.15) is 29.3 Å². The van der Waals surface area contributed by atoms with Gasteiger partial charge in [-0.15, -0.1) is 0 Å². The molecule has 0 aliphatic carbocycles. The van der Waals surface area contributed by atoms with E-state index in [1.165, 1.54) is 0 Å². The standard InChI is InChI=1S/C23H26N2O3S/c1-6-28-19-8-10-20(11-9-19)29(26,27)21-12-7-18(5)24-23(21)25-22-16(3)13-15(2)14-17(22)4/h7-14H,6H2,1-5H3,(H,24,25). The van der Waals surface area contributed by atoms with E-state index in [0.29, 0.717) is 18.2 Å².